The molecule has 0 spiro atoms. The summed E-state index contributed by atoms with van der Waals surface area (Å²) in [5.41, 5.74) is 9.94. The Kier molecular flexibility index (Phi) is 2.49. The first-order valence-corrected chi connectivity index (χ1v) is 5.95. The molecule has 3 rings (SSSR count). The first kappa shape index (κ1) is 10.8. The van der Waals surface area contributed by atoms with E-state index in [0.29, 0.717) is 0 Å². The number of nitrogens with zero attached hydrogens (tertiary/aromatic N) is 1. The Hall–Kier alpha value is -2.35. The Morgan fingerprint density at radius 1 is 1.00 bits per heavy atom. The molecule has 0 aliphatic heterocycles. The maximum atomic E-state index is 5.96. The molecule has 3 aromatic rings. The highest BCUT2D eigenvalue weighted by molar-refractivity contribution is 5.98. The Balaban J connectivity index is 2.31. The molecule has 0 unspecified atom stereocenters. The van der Waals surface area contributed by atoms with Gasteiger partial charge in [0.2, 0.25) is 0 Å². The molecule has 0 bridgehead atoms. The summed E-state index contributed by atoms with van der Waals surface area (Å²) in [5.74, 6) is 0. The fourth-order valence-corrected chi connectivity index (χ4v) is 2.17. The first-order chi connectivity index (χ1) is 8.74. The lowest BCUT2D eigenvalue weighted by Gasteiger charge is -2.08. The van der Waals surface area contributed by atoms with E-state index < -0.39 is 0 Å². The molecular weight excluding hydrogens is 220 g/mol. The molecule has 0 saturated carbocycles. The van der Waals surface area contributed by atoms with Crippen molar-refractivity contribution in [2.75, 3.05) is 5.73 Å². The van der Waals surface area contributed by atoms with Crippen molar-refractivity contribution in [3.05, 3.63) is 60.3 Å². The lowest BCUT2D eigenvalue weighted by molar-refractivity contribution is 1.27. The minimum absolute atomic E-state index is 0.770. The van der Waals surface area contributed by atoms with Crippen molar-refractivity contribution >= 4 is 16.5 Å². The molecule has 0 aliphatic rings. The highest BCUT2D eigenvalue weighted by Crippen LogP contribution is 2.29. The molecule has 2 heteroatoms. The average Bonchev–Trinajstić information content (AvgIpc) is 2.38. The summed E-state index contributed by atoms with van der Waals surface area (Å²) in [4.78, 5) is 4.48. The monoisotopic (exact) mass is 234 g/mol. The van der Waals surface area contributed by atoms with Crippen LogP contribution in [0.4, 0.5) is 5.69 Å². The summed E-state index contributed by atoms with van der Waals surface area (Å²) in [7, 11) is 0. The van der Waals surface area contributed by atoms with E-state index in [1.165, 1.54) is 5.39 Å². The zero-order chi connectivity index (χ0) is 12.5. The van der Waals surface area contributed by atoms with E-state index in [1.54, 1.807) is 0 Å². The largest absolute Gasteiger partial charge is 0.399 e. The summed E-state index contributed by atoms with van der Waals surface area (Å²) in [5, 5.41) is 2.33. The van der Waals surface area contributed by atoms with Crippen LogP contribution >= 0.6 is 0 Å². The van der Waals surface area contributed by atoms with Crippen molar-refractivity contribution < 1.29 is 0 Å². The number of nitrogen functional groups attached to an aromatic ring is 1. The predicted octanol–water partition coefficient (Wildman–Crippen LogP) is 3.79. The summed E-state index contributed by atoms with van der Waals surface area (Å²) >= 11 is 0. The molecule has 0 fully saturated rings. The van der Waals surface area contributed by atoms with Crippen LogP contribution in [0.5, 0.6) is 0 Å². The van der Waals surface area contributed by atoms with Crippen molar-refractivity contribution in [3.63, 3.8) is 0 Å². The summed E-state index contributed by atoms with van der Waals surface area (Å²) in [6.45, 7) is 2.04. The van der Waals surface area contributed by atoms with Crippen LogP contribution in [0.1, 0.15) is 5.56 Å². The minimum Gasteiger partial charge on any atom is -0.399 e. The fraction of sp³-hybridized carbons (Fsp3) is 0.0625. The van der Waals surface area contributed by atoms with Crippen LogP contribution in [0.3, 0.4) is 0 Å². The highest BCUT2D eigenvalue weighted by Gasteiger charge is 2.05. The lowest BCUT2D eigenvalue weighted by atomic mass is 10.0. The highest BCUT2D eigenvalue weighted by atomic mass is 14.7. The molecule has 0 saturated heterocycles. The second kappa shape index (κ2) is 4.15. The molecule has 88 valence electrons. The van der Waals surface area contributed by atoms with Gasteiger partial charge in [-0.2, -0.15) is 0 Å². The zero-order valence-corrected chi connectivity index (χ0v) is 10.2. The quantitative estimate of drug-likeness (QED) is 0.650. The van der Waals surface area contributed by atoms with E-state index in [1.807, 2.05) is 43.5 Å². The van der Waals surface area contributed by atoms with Crippen molar-refractivity contribution in [2.45, 2.75) is 6.92 Å². The van der Waals surface area contributed by atoms with Crippen LogP contribution in [0.25, 0.3) is 22.0 Å². The average molecular weight is 234 g/mol. The van der Waals surface area contributed by atoms with Gasteiger partial charge >= 0.3 is 0 Å². The SMILES string of the molecule is Cc1ccc(-c2cc(N)cc3ccccc23)nc1. The molecule has 0 radical (unpaired) electrons. The van der Waals surface area contributed by atoms with Gasteiger partial charge < -0.3 is 5.73 Å². The summed E-state index contributed by atoms with van der Waals surface area (Å²) in [6, 6.07) is 16.3. The second-order valence-electron chi connectivity index (χ2n) is 4.51. The Morgan fingerprint density at radius 3 is 2.61 bits per heavy atom. The van der Waals surface area contributed by atoms with Crippen molar-refractivity contribution in [1.29, 1.82) is 0 Å². The van der Waals surface area contributed by atoms with Crippen LogP contribution < -0.4 is 5.73 Å². The van der Waals surface area contributed by atoms with E-state index in [-0.39, 0.29) is 0 Å². The number of fused-ring (bicyclic) bond motifs is 1. The van der Waals surface area contributed by atoms with Gasteiger partial charge in [-0.3, -0.25) is 4.98 Å². The van der Waals surface area contributed by atoms with E-state index in [2.05, 4.69) is 23.2 Å². The van der Waals surface area contributed by atoms with Gasteiger partial charge in [0.15, 0.2) is 0 Å². The minimum atomic E-state index is 0.770. The Morgan fingerprint density at radius 2 is 1.83 bits per heavy atom. The van der Waals surface area contributed by atoms with E-state index in [0.717, 1.165) is 27.9 Å². The number of aryl methyl sites for hydroxylation is 1. The third-order valence-electron chi connectivity index (χ3n) is 3.07. The van der Waals surface area contributed by atoms with Gasteiger partial charge in [0.25, 0.3) is 0 Å². The molecule has 2 aromatic carbocycles. The molecule has 0 amide bonds. The maximum absolute atomic E-state index is 5.96. The third kappa shape index (κ3) is 1.82. The normalized spacial score (nSPS) is 10.7. The number of nitrogens with two attached hydrogens (primary N) is 1. The third-order valence-corrected chi connectivity index (χ3v) is 3.07. The summed E-state index contributed by atoms with van der Waals surface area (Å²) < 4.78 is 0. The number of benzene rings is 2. The van der Waals surface area contributed by atoms with Gasteiger partial charge in [-0.05, 0) is 41.5 Å². The van der Waals surface area contributed by atoms with Gasteiger partial charge in [-0.25, -0.2) is 0 Å². The van der Waals surface area contributed by atoms with Crippen LogP contribution in [-0.2, 0) is 0 Å². The summed E-state index contributed by atoms with van der Waals surface area (Å²) in [6.07, 6.45) is 1.88. The van der Waals surface area contributed by atoms with Gasteiger partial charge in [0, 0.05) is 17.4 Å². The lowest BCUT2D eigenvalue weighted by Crippen LogP contribution is -1.90. The van der Waals surface area contributed by atoms with E-state index in [9.17, 15) is 0 Å². The molecule has 0 atom stereocenters. The number of hydrogen-bond donors (Lipinski definition) is 1. The maximum Gasteiger partial charge on any atom is 0.0709 e. The number of hydrogen-bond acceptors (Lipinski definition) is 2. The number of rotatable bonds is 1. The van der Waals surface area contributed by atoms with Crippen molar-refractivity contribution in [1.82, 2.24) is 4.98 Å². The van der Waals surface area contributed by atoms with E-state index in [4.69, 9.17) is 5.73 Å². The van der Waals surface area contributed by atoms with Crippen molar-refractivity contribution in [2.24, 2.45) is 0 Å². The molecule has 2 N–H and O–H groups in total. The molecule has 0 aliphatic carbocycles. The van der Waals surface area contributed by atoms with Gasteiger partial charge in [0.1, 0.15) is 0 Å². The smallest absolute Gasteiger partial charge is 0.0709 e. The van der Waals surface area contributed by atoms with Gasteiger partial charge in [-0.1, -0.05) is 30.3 Å². The molecular formula is C16H14N2. The standard InChI is InChI=1S/C16H14N2/c1-11-6-7-16(18-10-11)15-9-13(17)8-12-4-2-3-5-14(12)15/h2-10H,17H2,1H3. The molecule has 1 aromatic heterocycles. The van der Waals surface area contributed by atoms with E-state index >= 15 is 0 Å². The van der Waals surface area contributed by atoms with Gasteiger partial charge in [0.05, 0.1) is 5.69 Å². The second-order valence-corrected chi connectivity index (χ2v) is 4.51. The topological polar surface area (TPSA) is 38.9 Å². The molecule has 18 heavy (non-hydrogen) atoms. The van der Waals surface area contributed by atoms with Crippen LogP contribution in [0.2, 0.25) is 0 Å². The van der Waals surface area contributed by atoms with Crippen LogP contribution in [0, 0.1) is 6.92 Å². The van der Waals surface area contributed by atoms with Crippen LogP contribution in [-0.4, -0.2) is 4.98 Å². The van der Waals surface area contributed by atoms with Gasteiger partial charge in [-0.15, -0.1) is 0 Å². The number of pyridine rings is 1. The number of aromatic nitrogens is 1. The Bertz CT molecular complexity index is 700. The number of anilines is 1. The first-order valence-electron chi connectivity index (χ1n) is 5.95. The van der Waals surface area contributed by atoms with Crippen LogP contribution in [0.15, 0.2) is 54.7 Å². The Labute approximate surface area is 106 Å². The zero-order valence-electron chi connectivity index (χ0n) is 10.2. The fourth-order valence-electron chi connectivity index (χ4n) is 2.17. The predicted molar refractivity (Wildman–Crippen MR) is 76.3 cm³/mol. The molecule has 2 nitrogen and oxygen atoms in total. The van der Waals surface area contributed by atoms with Crippen molar-refractivity contribution in [3.8, 4) is 11.3 Å². The molecule has 1 heterocycles.